The predicted molar refractivity (Wildman–Crippen MR) is 195 cm³/mol. The van der Waals surface area contributed by atoms with Crippen LogP contribution in [0.5, 0.6) is 5.75 Å². The van der Waals surface area contributed by atoms with Gasteiger partial charge in [0.15, 0.2) is 11.4 Å². The standard InChI is InChI=1S/C32H33Cl2N7O5S.CH4O3S/c1-20-18-40-12-3-5-26(30(40)37-20)46-19-23-24(33)10-11-27(28(23)34)47(44,45)41-13-2-4-25(41)32(43)39-16-14-38(15-17-39)31(42)22-8-6-21(7-9-22)29(35)36;1-5(2,3)4/h3,5-12,18,25H,2,4,13-17,19H2,1H3,(H3,35,36);1H3,(H,2,3,4)/t25-;/m0./s1. The Morgan fingerprint density at radius 1 is 0.981 bits per heavy atom. The number of pyridine rings is 1. The van der Waals surface area contributed by atoms with E-state index in [1.807, 2.05) is 29.8 Å². The number of hydrogen-bond donors (Lipinski definition) is 3. The van der Waals surface area contributed by atoms with Crippen LogP contribution in [0.4, 0.5) is 0 Å². The van der Waals surface area contributed by atoms with Gasteiger partial charge in [0.05, 0.1) is 17.0 Å². The number of fused-ring (bicyclic) bond motifs is 1. The normalized spacial score (nSPS) is 16.8. The van der Waals surface area contributed by atoms with Gasteiger partial charge in [-0.3, -0.25) is 19.6 Å². The number of nitrogen functional groups attached to an aromatic ring is 1. The molecule has 0 bridgehead atoms. The minimum atomic E-state index is -4.19. The number of nitrogens with two attached hydrogens (primary N) is 1. The highest BCUT2D eigenvalue weighted by atomic mass is 35.5. The highest BCUT2D eigenvalue weighted by Gasteiger charge is 2.43. The number of benzene rings is 2. The number of aromatic nitrogens is 2. The molecule has 2 aromatic heterocycles. The van der Waals surface area contributed by atoms with Crippen LogP contribution < -0.4 is 10.5 Å². The molecular formula is C33H37Cl2N7O8S2. The van der Waals surface area contributed by atoms with Gasteiger partial charge in [-0.2, -0.15) is 12.7 Å². The van der Waals surface area contributed by atoms with Crippen molar-refractivity contribution in [3.8, 4) is 5.75 Å². The van der Waals surface area contributed by atoms with E-state index in [0.29, 0.717) is 60.3 Å². The van der Waals surface area contributed by atoms with Gasteiger partial charge in [-0.25, -0.2) is 13.4 Å². The van der Waals surface area contributed by atoms with Crippen molar-refractivity contribution in [2.45, 2.75) is 37.3 Å². The summed E-state index contributed by atoms with van der Waals surface area (Å²) < 4.78 is 63.0. The summed E-state index contributed by atoms with van der Waals surface area (Å²) in [5, 5.41) is 7.71. The van der Waals surface area contributed by atoms with Crippen LogP contribution in [0.25, 0.3) is 5.65 Å². The van der Waals surface area contributed by atoms with E-state index in [0.717, 1.165) is 5.69 Å². The van der Waals surface area contributed by atoms with E-state index in [9.17, 15) is 26.4 Å². The average Bonchev–Trinajstić information content (AvgIpc) is 3.74. The third-order valence-electron chi connectivity index (χ3n) is 8.49. The number of amides is 2. The number of carbonyl (C=O) groups is 2. The lowest BCUT2D eigenvalue weighted by atomic mass is 10.1. The van der Waals surface area contributed by atoms with Gasteiger partial charge in [0, 0.05) is 66.8 Å². The molecule has 0 spiro atoms. The number of hydrogen-bond acceptors (Lipinski definition) is 9. The Hall–Kier alpha value is -4.26. The van der Waals surface area contributed by atoms with Crippen LogP contribution in [0.15, 0.2) is 65.8 Å². The molecule has 6 rings (SSSR count). The Kier molecular flexibility index (Phi) is 11.8. The highest BCUT2D eigenvalue weighted by Crippen LogP contribution is 2.36. The number of carbonyl (C=O) groups excluding carboxylic acids is 2. The first-order valence-corrected chi connectivity index (χ1v) is 20.0. The third-order valence-corrected chi connectivity index (χ3v) is 11.3. The minimum absolute atomic E-state index is 0.0643. The van der Waals surface area contributed by atoms with E-state index < -0.39 is 26.2 Å². The van der Waals surface area contributed by atoms with Gasteiger partial charge in [-0.15, -0.1) is 0 Å². The number of aryl methyl sites for hydroxylation is 1. The van der Waals surface area contributed by atoms with Crippen molar-refractivity contribution in [2.24, 2.45) is 5.73 Å². The highest BCUT2D eigenvalue weighted by molar-refractivity contribution is 7.89. The Balaban J connectivity index is 0.000000979. The molecule has 2 saturated heterocycles. The number of rotatable bonds is 8. The van der Waals surface area contributed by atoms with Crippen molar-refractivity contribution in [3.05, 3.63) is 93.4 Å². The number of ether oxygens (including phenoxy) is 1. The fraction of sp³-hybridized carbons (Fsp3) is 0.333. The fourth-order valence-corrected chi connectivity index (χ4v) is 8.51. The maximum atomic E-state index is 14.0. The van der Waals surface area contributed by atoms with Crippen LogP contribution in [-0.2, 0) is 31.5 Å². The van der Waals surface area contributed by atoms with E-state index in [2.05, 4.69) is 4.98 Å². The SMILES string of the molecule is CS(=O)(=O)O.Cc1cn2cccc(OCc3c(Cl)ccc(S(=O)(=O)N4CCC[C@H]4C(=O)N4CCN(C(=O)c5ccc(C(=N)N)cc5)CC4)c3Cl)c2n1. The topological polar surface area (TPSA) is 209 Å². The number of nitrogens with zero attached hydrogens (tertiary/aromatic N) is 5. The maximum Gasteiger partial charge on any atom is 0.261 e. The van der Waals surface area contributed by atoms with E-state index in [1.54, 1.807) is 40.1 Å². The van der Waals surface area contributed by atoms with Gasteiger partial charge < -0.3 is 24.7 Å². The van der Waals surface area contributed by atoms with E-state index in [-0.39, 0.29) is 58.8 Å². The van der Waals surface area contributed by atoms with Gasteiger partial charge in [0.2, 0.25) is 15.9 Å². The first-order valence-electron chi connectivity index (χ1n) is 16.0. The monoisotopic (exact) mass is 793 g/mol. The Morgan fingerprint density at radius 3 is 2.23 bits per heavy atom. The quantitative estimate of drug-likeness (QED) is 0.134. The van der Waals surface area contributed by atoms with Crippen molar-refractivity contribution in [3.63, 3.8) is 0 Å². The molecule has 15 nitrogen and oxygen atoms in total. The molecule has 4 N–H and O–H groups in total. The van der Waals surface area contributed by atoms with Crippen LogP contribution in [-0.4, -0.2) is 108 Å². The Morgan fingerprint density at radius 2 is 1.60 bits per heavy atom. The molecule has 2 aromatic carbocycles. The second kappa shape index (κ2) is 15.8. The largest absolute Gasteiger partial charge is 0.485 e. The van der Waals surface area contributed by atoms with E-state index >= 15 is 0 Å². The van der Waals surface area contributed by atoms with Gasteiger partial charge in [0.25, 0.3) is 16.0 Å². The summed E-state index contributed by atoms with van der Waals surface area (Å²) in [5.41, 5.74) is 8.21. The molecule has 19 heteroatoms. The van der Waals surface area contributed by atoms with E-state index in [4.69, 9.17) is 43.6 Å². The molecule has 4 aromatic rings. The first kappa shape index (κ1) is 39.0. The summed E-state index contributed by atoms with van der Waals surface area (Å²) >= 11 is 13.2. The minimum Gasteiger partial charge on any atom is -0.485 e. The molecule has 2 amide bonds. The van der Waals surface area contributed by atoms with Gasteiger partial charge in [0.1, 0.15) is 23.4 Å². The van der Waals surface area contributed by atoms with Crippen molar-refractivity contribution < 1.29 is 35.7 Å². The first-order chi connectivity index (χ1) is 24.5. The summed E-state index contributed by atoms with van der Waals surface area (Å²) in [7, 11) is -7.86. The Bertz CT molecular complexity index is 2220. The van der Waals surface area contributed by atoms with Crippen molar-refractivity contribution >= 4 is 66.6 Å². The molecule has 0 radical (unpaired) electrons. The Labute approximate surface area is 311 Å². The van der Waals surface area contributed by atoms with Crippen molar-refractivity contribution in [1.82, 2.24) is 23.5 Å². The lowest BCUT2D eigenvalue weighted by molar-refractivity contribution is -0.136. The fourth-order valence-electron chi connectivity index (χ4n) is 6.00. The van der Waals surface area contributed by atoms with Crippen molar-refractivity contribution in [2.75, 3.05) is 39.0 Å². The maximum absolute atomic E-state index is 14.0. The summed E-state index contributed by atoms with van der Waals surface area (Å²) in [4.78, 5) is 34.3. The molecular weight excluding hydrogens is 757 g/mol. The second-order valence-electron chi connectivity index (χ2n) is 12.2. The van der Waals surface area contributed by atoms with E-state index in [1.165, 1.54) is 16.4 Å². The van der Waals surface area contributed by atoms with Crippen molar-refractivity contribution in [1.29, 1.82) is 5.41 Å². The summed E-state index contributed by atoms with van der Waals surface area (Å²) in [6, 6.07) is 12.0. The molecule has 278 valence electrons. The predicted octanol–water partition coefficient (Wildman–Crippen LogP) is 3.45. The molecule has 2 aliphatic heterocycles. The van der Waals surface area contributed by atoms with Crippen LogP contribution in [0.2, 0.25) is 10.0 Å². The zero-order valence-corrected chi connectivity index (χ0v) is 31.3. The molecule has 1 atom stereocenters. The number of piperazine rings is 1. The lowest BCUT2D eigenvalue weighted by Gasteiger charge is -2.37. The number of amidine groups is 1. The van der Waals surface area contributed by atoms with Gasteiger partial charge in [-0.1, -0.05) is 35.3 Å². The zero-order valence-electron chi connectivity index (χ0n) is 28.2. The summed E-state index contributed by atoms with van der Waals surface area (Å²) in [6.07, 6.45) is 5.31. The molecule has 2 aliphatic rings. The smallest absolute Gasteiger partial charge is 0.261 e. The molecule has 0 unspecified atom stereocenters. The number of sulfonamides is 1. The zero-order chi connectivity index (χ0) is 38.0. The molecule has 0 aliphatic carbocycles. The average molecular weight is 795 g/mol. The summed E-state index contributed by atoms with van der Waals surface area (Å²) in [5.74, 6) is -0.0907. The van der Waals surface area contributed by atoms with Crippen LogP contribution in [0.3, 0.4) is 0 Å². The molecule has 4 heterocycles. The van der Waals surface area contributed by atoms with Gasteiger partial charge >= 0.3 is 0 Å². The molecule has 2 fully saturated rings. The lowest BCUT2D eigenvalue weighted by Crippen LogP contribution is -2.55. The van der Waals surface area contributed by atoms with Crippen LogP contribution in [0.1, 0.15) is 40.0 Å². The number of nitrogens with one attached hydrogen (secondary N) is 1. The van der Waals surface area contributed by atoms with Crippen LogP contribution >= 0.6 is 23.2 Å². The summed E-state index contributed by atoms with van der Waals surface area (Å²) in [6.45, 7) is 3.08. The number of imidazole rings is 1. The molecule has 0 saturated carbocycles. The molecule has 52 heavy (non-hydrogen) atoms. The van der Waals surface area contributed by atoms with Gasteiger partial charge in [-0.05, 0) is 56.2 Å². The number of halogens is 2. The third kappa shape index (κ3) is 8.85. The second-order valence-corrected chi connectivity index (χ2v) is 16.3. The van der Waals surface area contributed by atoms with Crippen LogP contribution in [0, 0.1) is 12.3 Å².